The van der Waals surface area contributed by atoms with Crippen LogP contribution in [0, 0.1) is 0 Å². The molecule has 1 fully saturated rings. The molecule has 2 heterocycles. The van der Waals surface area contributed by atoms with Crippen LogP contribution in [0.4, 0.5) is 4.79 Å². The molecule has 0 spiro atoms. The number of furan rings is 1. The van der Waals surface area contributed by atoms with E-state index in [4.69, 9.17) is 9.15 Å². The van der Waals surface area contributed by atoms with E-state index in [1.54, 1.807) is 11.2 Å². The van der Waals surface area contributed by atoms with Gasteiger partial charge in [-0.05, 0) is 31.4 Å². The van der Waals surface area contributed by atoms with Crippen molar-refractivity contribution in [3.63, 3.8) is 0 Å². The molecule has 1 amide bonds. The van der Waals surface area contributed by atoms with E-state index >= 15 is 0 Å². The minimum Gasteiger partial charge on any atom is -0.469 e. The second-order valence-corrected chi connectivity index (χ2v) is 6.22. The van der Waals surface area contributed by atoms with Gasteiger partial charge in [-0.15, -0.1) is 0 Å². The molecular weight excluding hydrogens is 320 g/mol. The van der Waals surface area contributed by atoms with E-state index in [1.165, 1.54) is 7.11 Å². The van der Waals surface area contributed by atoms with Crippen LogP contribution in [-0.4, -0.2) is 56.3 Å². The molecule has 0 unspecified atom stereocenters. The number of piperidine rings is 1. The van der Waals surface area contributed by atoms with E-state index in [0.717, 1.165) is 56.9 Å². The van der Waals surface area contributed by atoms with E-state index in [9.17, 15) is 4.79 Å². The summed E-state index contributed by atoms with van der Waals surface area (Å²) in [5, 5.41) is 6.88. The Hall–Kier alpha value is -2.18. The van der Waals surface area contributed by atoms with Crippen molar-refractivity contribution in [1.29, 1.82) is 0 Å². The standard InChI is InChI=1S/C18H30N4O3/c1-3-4-10-19-17(20-11-7-16-6-5-14-25-16)21-15-8-12-22(13-9-15)18(23)24-2/h5-6,14-15H,3-4,7-13H2,1-2H3,(H2,19,20,21). The molecule has 2 N–H and O–H groups in total. The summed E-state index contributed by atoms with van der Waals surface area (Å²) < 4.78 is 10.1. The minimum absolute atomic E-state index is 0.244. The molecule has 0 bridgehead atoms. The first kappa shape index (κ1) is 19.1. The molecule has 1 aliphatic heterocycles. The molecule has 0 saturated carbocycles. The lowest BCUT2D eigenvalue weighted by atomic mass is 10.1. The molecule has 7 heteroatoms. The molecule has 7 nitrogen and oxygen atoms in total. The van der Waals surface area contributed by atoms with Gasteiger partial charge in [0.1, 0.15) is 5.76 Å². The lowest BCUT2D eigenvalue weighted by Gasteiger charge is -2.32. The van der Waals surface area contributed by atoms with E-state index in [2.05, 4.69) is 22.5 Å². The first-order valence-corrected chi connectivity index (χ1v) is 9.13. The van der Waals surface area contributed by atoms with Crippen molar-refractivity contribution in [3.05, 3.63) is 24.2 Å². The molecule has 140 valence electrons. The zero-order chi connectivity index (χ0) is 17.9. The molecule has 0 aliphatic carbocycles. The fourth-order valence-corrected chi connectivity index (χ4v) is 2.79. The maximum absolute atomic E-state index is 11.6. The summed E-state index contributed by atoms with van der Waals surface area (Å²) in [4.78, 5) is 18.0. The number of nitrogens with zero attached hydrogens (tertiary/aromatic N) is 2. The second-order valence-electron chi connectivity index (χ2n) is 6.22. The molecule has 25 heavy (non-hydrogen) atoms. The number of guanidine groups is 1. The van der Waals surface area contributed by atoms with Crippen molar-refractivity contribution in [2.24, 2.45) is 4.99 Å². The fourth-order valence-electron chi connectivity index (χ4n) is 2.79. The number of hydrogen-bond acceptors (Lipinski definition) is 4. The zero-order valence-electron chi connectivity index (χ0n) is 15.3. The van der Waals surface area contributed by atoms with E-state index in [-0.39, 0.29) is 6.09 Å². The Morgan fingerprint density at radius 1 is 1.44 bits per heavy atom. The van der Waals surface area contributed by atoms with Crippen molar-refractivity contribution in [3.8, 4) is 0 Å². The first-order valence-electron chi connectivity index (χ1n) is 9.13. The number of ether oxygens (including phenoxy) is 1. The second kappa shape index (κ2) is 10.6. The Kier molecular flexibility index (Phi) is 8.15. The molecule has 2 rings (SSSR count). The van der Waals surface area contributed by atoms with E-state index in [1.807, 2.05) is 12.1 Å². The summed E-state index contributed by atoms with van der Waals surface area (Å²) in [6.45, 7) is 5.16. The van der Waals surface area contributed by atoms with Gasteiger partial charge >= 0.3 is 6.09 Å². The number of nitrogens with one attached hydrogen (secondary N) is 2. The normalized spacial score (nSPS) is 15.9. The Bertz CT molecular complexity index is 522. The maximum Gasteiger partial charge on any atom is 0.409 e. The summed E-state index contributed by atoms with van der Waals surface area (Å²) in [7, 11) is 1.42. The summed E-state index contributed by atoms with van der Waals surface area (Å²) in [5.74, 6) is 1.81. The van der Waals surface area contributed by atoms with Crippen molar-refractivity contribution in [1.82, 2.24) is 15.5 Å². The van der Waals surface area contributed by atoms with Crippen molar-refractivity contribution < 1.29 is 13.9 Å². The van der Waals surface area contributed by atoms with Gasteiger partial charge in [-0.3, -0.25) is 4.99 Å². The number of carbonyl (C=O) groups is 1. The van der Waals surface area contributed by atoms with Gasteiger partial charge in [-0.2, -0.15) is 0 Å². The predicted molar refractivity (Wildman–Crippen MR) is 97.8 cm³/mol. The molecule has 0 aromatic carbocycles. The third-order valence-corrected chi connectivity index (χ3v) is 4.29. The number of unbranched alkanes of at least 4 members (excludes halogenated alkanes) is 1. The number of carbonyl (C=O) groups excluding carboxylic acids is 1. The highest BCUT2D eigenvalue weighted by Gasteiger charge is 2.23. The lowest BCUT2D eigenvalue weighted by Crippen LogP contribution is -2.50. The van der Waals surface area contributed by atoms with Gasteiger partial charge < -0.3 is 24.7 Å². The van der Waals surface area contributed by atoms with Crippen LogP contribution in [-0.2, 0) is 11.2 Å². The van der Waals surface area contributed by atoms with Gasteiger partial charge in [0.25, 0.3) is 0 Å². The largest absolute Gasteiger partial charge is 0.469 e. The topological polar surface area (TPSA) is 79.1 Å². The smallest absolute Gasteiger partial charge is 0.409 e. The average Bonchev–Trinajstić information content (AvgIpc) is 3.15. The van der Waals surface area contributed by atoms with Gasteiger partial charge in [0.15, 0.2) is 5.96 Å². The number of aliphatic imine (C=N–C) groups is 1. The molecule has 0 radical (unpaired) electrons. The summed E-state index contributed by atoms with van der Waals surface area (Å²) in [6, 6.07) is 4.20. The van der Waals surface area contributed by atoms with Gasteiger partial charge in [-0.25, -0.2) is 4.79 Å². The van der Waals surface area contributed by atoms with E-state index < -0.39 is 0 Å². The number of amides is 1. The third-order valence-electron chi connectivity index (χ3n) is 4.29. The van der Waals surface area contributed by atoms with Crippen LogP contribution in [0.3, 0.4) is 0 Å². The van der Waals surface area contributed by atoms with Crippen LogP contribution in [0.2, 0.25) is 0 Å². The van der Waals surface area contributed by atoms with Gasteiger partial charge in [0, 0.05) is 38.6 Å². The molecule has 1 saturated heterocycles. The third kappa shape index (κ3) is 6.68. The summed E-state index contributed by atoms with van der Waals surface area (Å²) in [5.41, 5.74) is 0. The summed E-state index contributed by atoms with van der Waals surface area (Å²) in [6.07, 6.45) is 6.25. The Morgan fingerprint density at radius 2 is 2.24 bits per heavy atom. The maximum atomic E-state index is 11.6. The molecule has 1 aromatic rings. The average molecular weight is 350 g/mol. The quantitative estimate of drug-likeness (QED) is 0.448. The first-order chi connectivity index (χ1) is 12.2. The molecule has 1 aromatic heterocycles. The van der Waals surface area contributed by atoms with Crippen LogP contribution in [0.25, 0.3) is 0 Å². The highest BCUT2D eigenvalue weighted by atomic mass is 16.5. The zero-order valence-corrected chi connectivity index (χ0v) is 15.3. The number of rotatable bonds is 7. The SMILES string of the molecule is CCCCN=C(NCCc1ccco1)NC1CCN(C(=O)OC)CC1. The number of likely N-dealkylation sites (tertiary alicyclic amines) is 1. The minimum atomic E-state index is -0.244. The lowest BCUT2D eigenvalue weighted by molar-refractivity contribution is 0.111. The van der Waals surface area contributed by atoms with Crippen molar-refractivity contribution in [2.45, 2.75) is 45.1 Å². The van der Waals surface area contributed by atoms with E-state index in [0.29, 0.717) is 19.1 Å². The molecule has 1 aliphatic rings. The highest BCUT2D eigenvalue weighted by Crippen LogP contribution is 2.11. The predicted octanol–water partition coefficient (Wildman–Crippen LogP) is 2.39. The fraction of sp³-hybridized carbons (Fsp3) is 0.667. The molecule has 0 atom stereocenters. The van der Waals surface area contributed by atoms with Crippen molar-refractivity contribution >= 4 is 12.1 Å². The number of methoxy groups -OCH3 is 1. The summed E-state index contributed by atoms with van der Waals surface area (Å²) >= 11 is 0. The van der Waals surface area contributed by atoms with Crippen LogP contribution < -0.4 is 10.6 Å². The van der Waals surface area contributed by atoms with Crippen LogP contribution in [0.1, 0.15) is 38.4 Å². The Balaban J connectivity index is 1.79. The Labute approximate surface area is 149 Å². The Morgan fingerprint density at radius 3 is 2.88 bits per heavy atom. The van der Waals surface area contributed by atoms with Gasteiger partial charge in [0.2, 0.25) is 0 Å². The van der Waals surface area contributed by atoms with Crippen LogP contribution in [0.5, 0.6) is 0 Å². The molecular formula is C18H30N4O3. The number of hydrogen-bond donors (Lipinski definition) is 2. The van der Waals surface area contributed by atoms with Gasteiger partial charge in [0.05, 0.1) is 13.4 Å². The van der Waals surface area contributed by atoms with Crippen molar-refractivity contribution in [2.75, 3.05) is 33.3 Å². The van der Waals surface area contributed by atoms with Crippen LogP contribution in [0.15, 0.2) is 27.8 Å². The van der Waals surface area contributed by atoms with Crippen LogP contribution >= 0.6 is 0 Å². The van der Waals surface area contributed by atoms with Gasteiger partial charge in [-0.1, -0.05) is 13.3 Å². The highest BCUT2D eigenvalue weighted by molar-refractivity contribution is 5.80. The monoisotopic (exact) mass is 350 g/mol.